The van der Waals surface area contributed by atoms with Crippen molar-refractivity contribution in [3.63, 3.8) is 0 Å². The SMILES string of the molecule is C[C@H](Sc1nnc(S[C@@H](C)C(=O)Nc2cccc(Cl)c2)s1)C(=O)Nc1cccc(Cl)c1. The Bertz CT molecular complexity index is 998. The third-order valence-electron chi connectivity index (χ3n) is 3.87. The summed E-state index contributed by atoms with van der Waals surface area (Å²) >= 11 is 15.9. The number of rotatable bonds is 8. The molecule has 11 heteroatoms. The second-order valence-corrected chi connectivity index (χ2v) is 11.4. The molecule has 3 aromatic rings. The molecular formula is C20H18Cl2N4O2S3. The van der Waals surface area contributed by atoms with Crippen LogP contribution in [-0.2, 0) is 9.59 Å². The van der Waals surface area contributed by atoms with Crippen molar-refractivity contribution in [2.75, 3.05) is 10.6 Å². The number of benzene rings is 2. The number of aromatic nitrogens is 2. The van der Waals surface area contributed by atoms with Gasteiger partial charge < -0.3 is 10.6 Å². The van der Waals surface area contributed by atoms with Gasteiger partial charge in [0.1, 0.15) is 0 Å². The number of carbonyl (C=O) groups is 2. The number of nitrogens with zero attached hydrogens (tertiary/aromatic N) is 2. The van der Waals surface area contributed by atoms with Crippen molar-refractivity contribution in [3.8, 4) is 0 Å². The zero-order valence-corrected chi connectivity index (χ0v) is 20.4. The van der Waals surface area contributed by atoms with Crippen LogP contribution in [0.3, 0.4) is 0 Å². The maximum atomic E-state index is 12.4. The Hall–Kier alpha value is -1.78. The third-order valence-corrected chi connectivity index (χ3v) is 7.63. The van der Waals surface area contributed by atoms with Gasteiger partial charge in [0, 0.05) is 21.4 Å². The molecule has 0 fully saturated rings. The minimum Gasteiger partial charge on any atom is -0.325 e. The molecule has 0 saturated carbocycles. The summed E-state index contributed by atoms with van der Waals surface area (Å²) in [4.78, 5) is 24.8. The summed E-state index contributed by atoms with van der Waals surface area (Å²) < 4.78 is 1.30. The molecule has 0 aliphatic rings. The molecule has 0 unspecified atom stereocenters. The van der Waals surface area contributed by atoms with Gasteiger partial charge in [-0.05, 0) is 50.2 Å². The Morgan fingerprint density at radius 2 is 1.26 bits per heavy atom. The van der Waals surface area contributed by atoms with Crippen LogP contribution in [0.15, 0.2) is 57.2 Å². The molecule has 0 radical (unpaired) electrons. The lowest BCUT2D eigenvalue weighted by atomic mass is 10.3. The largest absolute Gasteiger partial charge is 0.325 e. The molecule has 0 aliphatic heterocycles. The molecule has 0 aliphatic carbocycles. The highest BCUT2D eigenvalue weighted by Crippen LogP contribution is 2.33. The van der Waals surface area contributed by atoms with E-state index in [0.717, 1.165) is 0 Å². The first-order valence-electron chi connectivity index (χ1n) is 9.10. The lowest BCUT2D eigenvalue weighted by Crippen LogP contribution is -2.22. The quantitative estimate of drug-likeness (QED) is 0.355. The van der Waals surface area contributed by atoms with Crippen molar-refractivity contribution in [1.82, 2.24) is 10.2 Å². The van der Waals surface area contributed by atoms with Crippen LogP contribution < -0.4 is 10.6 Å². The number of hydrogen-bond donors (Lipinski definition) is 2. The van der Waals surface area contributed by atoms with Crippen LogP contribution >= 0.6 is 58.1 Å². The molecule has 3 rings (SSSR count). The molecule has 2 aromatic carbocycles. The van der Waals surface area contributed by atoms with Gasteiger partial charge in [0.2, 0.25) is 11.8 Å². The second-order valence-electron chi connectivity index (χ2n) is 6.35. The Balaban J connectivity index is 1.52. The number of nitrogens with one attached hydrogen (secondary N) is 2. The summed E-state index contributed by atoms with van der Waals surface area (Å²) in [6.45, 7) is 3.58. The fraction of sp³-hybridized carbons (Fsp3) is 0.200. The van der Waals surface area contributed by atoms with Crippen LogP contribution in [-0.4, -0.2) is 32.5 Å². The molecule has 0 bridgehead atoms. The van der Waals surface area contributed by atoms with Crippen molar-refractivity contribution >= 4 is 81.3 Å². The zero-order valence-electron chi connectivity index (χ0n) is 16.5. The molecule has 31 heavy (non-hydrogen) atoms. The summed E-state index contributed by atoms with van der Waals surface area (Å²) in [7, 11) is 0. The summed E-state index contributed by atoms with van der Waals surface area (Å²) in [5.41, 5.74) is 1.27. The number of anilines is 2. The normalized spacial score (nSPS) is 12.8. The molecule has 1 heterocycles. The predicted molar refractivity (Wildman–Crippen MR) is 131 cm³/mol. The highest BCUT2D eigenvalue weighted by atomic mass is 35.5. The maximum Gasteiger partial charge on any atom is 0.237 e. The molecule has 0 saturated heterocycles. The van der Waals surface area contributed by atoms with Gasteiger partial charge in [-0.3, -0.25) is 9.59 Å². The van der Waals surface area contributed by atoms with E-state index in [4.69, 9.17) is 23.2 Å². The van der Waals surface area contributed by atoms with Crippen molar-refractivity contribution in [2.24, 2.45) is 0 Å². The second kappa shape index (κ2) is 11.2. The standard InChI is InChI=1S/C20H18Cl2N4O2S3/c1-11(17(27)23-15-7-3-5-13(21)9-15)29-19-25-26-20(31-19)30-12(2)18(28)24-16-8-4-6-14(22)10-16/h3-12H,1-2H3,(H,23,27)(H,24,28)/t11-,12-/m0/s1. The Morgan fingerprint density at radius 3 is 1.65 bits per heavy atom. The third kappa shape index (κ3) is 7.40. The topological polar surface area (TPSA) is 84.0 Å². The number of amides is 2. The number of carbonyl (C=O) groups excluding carboxylic acids is 2. The summed E-state index contributed by atoms with van der Waals surface area (Å²) in [6.07, 6.45) is 0. The lowest BCUT2D eigenvalue weighted by Gasteiger charge is -2.10. The van der Waals surface area contributed by atoms with Crippen LogP contribution in [0, 0.1) is 0 Å². The lowest BCUT2D eigenvalue weighted by molar-refractivity contribution is -0.116. The molecule has 2 N–H and O–H groups in total. The molecule has 2 amide bonds. The van der Waals surface area contributed by atoms with E-state index in [9.17, 15) is 9.59 Å². The van der Waals surface area contributed by atoms with Gasteiger partial charge in [0.15, 0.2) is 8.68 Å². The van der Waals surface area contributed by atoms with Crippen molar-refractivity contribution in [3.05, 3.63) is 58.6 Å². The molecule has 162 valence electrons. The smallest absolute Gasteiger partial charge is 0.237 e. The predicted octanol–water partition coefficient (Wildman–Crippen LogP) is 6.08. The average molecular weight is 513 g/mol. The van der Waals surface area contributed by atoms with Crippen LogP contribution in [0.25, 0.3) is 0 Å². The van der Waals surface area contributed by atoms with E-state index in [1.165, 1.54) is 34.9 Å². The Morgan fingerprint density at radius 1 is 0.839 bits per heavy atom. The molecule has 6 nitrogen and oxygen atoms in total. The first-order valence-corrected chi connectivity index (χ1v) is 12.4. The number of thioether (sulfide) groups is 2. The van der Waals surface area contributed by atoms with E-state index < -0.39 is 0 Å². The highest BCUT2D eigenvalue weighted by Gasteiger charge is 2.20. The van der Waals surface area contributed by atoms with Gasteiger partial charge in [-0.1, -0.05) is 70.2 Å². The van der Waals surface area contributed by atoms with E-state index in [-0.39, 0.29) is 22.3 Å². The summed E-state index contributed by atoms with van der Waals surface area (Å²) in [5.74, 6) is -0.322. The Labute approximate surface area is 202 Å². The summed E-state index contributed by atoms with van der Waals surface area (Å²) in [5, 5.41) is 14.3. The average Bonchev–Trinajstić information content (AvgIpc) is 3.14. The van der Waals surface area contributed by atoms with Gasteiger partial charge in [0.25, 0.3) is 0 Å². The van der Waals surface area contributed by atoms with Crippen molar-refractivity contribution in [2.45, 2.75) is 33.0 Å². The van der Waals surface area contributed by atoms with Gasteiger partial charge in [-0.2, -0.15) is 0 Å². The number of halogens is 2. The first-order chi connectivity index (χ1) is 14.8. The van der Waals surface area contributed by atoms with E-state index in [0.29, 0.717) is 30.1 Å². The molecule has 1 aromatic heterocycles. The first kappa shape index (κ1) is 23.9. The van der Waals surface area contributed by atoms with Crippen LogP contribution in [0.4, 0.5) is 11.4 Å². The van der Waals surface area contributed by atoms with Crippen LogP contribution in [0.5, 0.6) is 0 Å². The Kier molecular flexibility index (Phi) is 8.62. The molecule has 0 spiro atoms. The van der Waals surface area contributed by atoms with Gasteiger partial charge in [-0.25, -0.2) is 0 Å². The van der Waals surface area contributed by atoms with Gasteiger partial charge >= 0.3 is 0 Å². The van der Waals surface area contributed by atoms with E-state index in [2.05, 4.69) is 20.8 Å². The van der Waals surface area contributed by atoms with E-state index in [1.807, 2.05) is 0 Å². The molecule has 2 atom stereocenters. The minimum atomic E-state index is -0.381. The maximum absolute atomic E-state index is 12.4. The highest BCUT2D eigenvalue weighted by molar-refractivity contribution is 8.04. The minimum absolute atomic E-state index is 0.161. The van der Waals surface area contributed by atoms with Gasteiger partial charge in [-0.15, -0.1) is 10.2 Å². The van der Waals surface area contributed by atoms with E-state index >= 15 is 0 Å². The number of hydrogen-bond acceptors (Lipinski definition) is 7. The van der Waals surface area contributed by atoms with E-state index in [1.54, 1.807) is 62.4 Å². The monoisotopic (exact) mass is 512 g/mol. The van der Waals surface area contributed by atoms with Crippen molar-refractivity contribution in [1.29, 1.82) is 0 Å². The van der Waals surface area contributed by atoms with Crippen LogP contribution in [0.1, 0.15) is 13.8 Å². The fourth-order valence-corrected chi connectivity index (χ4v) is 6.01. The zero-order chi connectivity index (χ0) is 22.4. The summed E-state index contributed by atoms with van der Waals surface area (Å²) in [6, 6.07) is 14.0. The van der Waals surface area contributed by atoms with Gasteiger partial charge in [0.05, 0.1) is 10.5 Å². The van der Waals surface area contributed by atoms with Crippen molar-refractivity contribution < 1.29 is 9.59 Å². The molecular weight excluding hydrogens is 495 g/mol. The van der Waals surface area contributed by atoms with Crippen LogP contribution in [0.2, 0.25) is 10.0 Å². The fourth-order valence-electron chi connectivity index (χ4n) is 2.32.